The first-order valence-electron chi connectivity index (χ1n) is 9.67. The summed E-state index contributed by atoms with van der Waals surface area (Å²) in [5.74, 6) is 0.624. The number of hydrogen-bond acceptors (Lipinski definition) is 6. The second kappa shape index (κ2) is 10.8. The summed E-state index contributed by atoms with van der Waals surface area (Å²) in [5, 5.41) is 8.46. The van der Waals surface area contributed by atoms with E-state index in [1.165, 1.54) is 12.1 Å². The van der Waals surface area contributed by atoms with E-state index in [1.54, 1.807) is 17.4 Å². The molecule has 32 heavy (non-hydrogen) atoms. The fourth-order valence-electron chi connectivity index (χ4n) is 2.64. The fraction of sp³-hybridized carbons (Fsp3) is 0.227. The van der Waals surface area contributed by atoms with Crippen molar-refractivity contribution in [2.75, 3.05) is 18.4 Å². The molecule has 0 spiro atoms. The first kappa shape index (κ1) is 23.3. The number of nitrogens with one attached hydrogen (secondary N) is 2. The van der Waals surface area contributed by atoms with Crippen molar-refractivity contribution in [1.82, 2.24) is 15.3 Å². The molecule has 0 unspecified atom stereocenters. The Balaban J connectivity index is 1.44. The van der Waals surface area contributed by atoms with Gasteiger partial charge in [0.2, 0.25) is 5.91 Å². The van der Waals surface area contributed by atoms with Crippen molar-refractivity contribution in [2.45, 2.75) is 19.7 Å². The molecule has 6 nitrogen and oxygen atoms in total. The number of carbonyl (C=O) groups is 1. The number of halogens is 3. The first-order chi connectivity index (χ1) is 15.3. The van der Waals surface area contributed by atoms with Gasteiger partial charge >= 0.3 is 6.18 Å². The number of aromatic nitrogens is 2. The zero-order valence-corrected chi connectivity index (χ0v) is 18.0. The number of rotatable bonds is 9. The van der Waals surface area contributed by atoms with Crippen molar-refractivity contribution in [3.05, 3.63) is 75.9 Å². The zero-order chi connectivity index (χ0) is 23.0. The van der Waals surface area contributed by atoms with E-state index in [0.29, 0.717) is 24.7 Å². The van der Waals surface area contributed by atoms with E-state index in [1.807, 2.05) is 36.6 Å². The van der Waals surface area contributed by atoms with Gasteiger partial charge < -0.3 is 15.4 Å². The number of carbonyl (C=O) groups excluding carboxylic acids is 1. The highest BCUT2D eigenvalue weighted by Gasteiger charge is 2.30. The number of para-hydroxylation sites is 1. The van der Waals surface area contributed by atoms with Crippen molar-refractivity contribution < 1.29 is 22.7 Å². The van der Waals surface area contributed by atoms with Crippen LogP contribution in [0.2, 0.25) is 0 Å². The van der Waals surface area contributed by atoms with Gasteiger partial charge in [0.05, 0.1) is 16.3 Å². The molecule has 2 N–H and O–H groups in total. The molecule has 0 radical (unpaired) electrons. The molecule has 0 atom stereocenters. The number of thiazole rings is 1. The monoisotopic (exact) mass is 462 g/mol. The molecule has 0 saturated carbocycles. The Labute approximate surface area is 187 Å². The van der Waals surface area contributed by atoms with Gasteiger partial charge in [-0.1, -0.05) is 18.2 Å². The molecular formula is C22H21F3N4O2S. The van der Waals surface area contributed by atoms with Gasteiger partial charge in [-0.05, 0) is 31.2 Å². The zero-order valence-electron chi connectivity index (χ0n) is 17.1. The summed E-state index contributed by atoms with van der Waals surface area (Å²) in [6, 6.07) is 9.54. The highest BCUT2D eigenvalue weighted by molar-refractivity contribution is 7.09. The number of amides is 1. The van der Waals surface area contributed by atoms with Crippen LogP contribution in [0.5, 0.6) is 5.75 Å². The van der Waals surface area contributed by atoms with E-state index in [0.717, 1.165) is 28.5 Å². The third-order valence-electron chi connectivity index (χ3n) is 4.20. The third-order valence-corrected chi connectivity index (χ3v) is 5.02. The molecule has 1 amide bonds. The average molecular weight is 462 g/mol. The van der Waals surface area contributed by atoms with Gasteiger partial charge in [-0.15, -0.1) is 11.3 Å². The molecule has 0 bridgehead atoms. The molecule has 0 aliphatic rings. The number of anilines is 1. The lowest BCUT2D eigenvalue weighted by Crippen LogP contribution is -2.27. The van der Waals surface area contributed by atoms with Gasteiger partial charge in [0, 0.05) is 36.3 Å². The van der Waals surface area contributed by atoms with E-state index in [4.69, 9.17) is 4.74 Å². The lowest BCUT2D eigenvalue weighted by molar-refractivity contribution is -0.137. The third kappa shape index (κ3) is 7.09. The predicted molar refractivity (Wildman–Crippen MR) is 117 cm³/mol. The SMILES string of the molecule is Cc1nc(COc2ccccc2/C=C/C(=O)NCCNc2ccc(C(F)(F)F)cn2)cs1. The average Bonchev–Trinajstić information content (AvgIpc) is 3.19. The number of hydrogen-bond donors (Lipinski definition) is 2. The maximum absolute atomic E-state index is 12.5. The fourth-order valence-corrected chi connectivity index (χ4v) is 3.24. The van der Waals surface area contributed by atoms with Crippen LogP contribution in [-0.2, 0) is 17.6 Å². The van der Waals surface area contributed by atoms with Crippen molar-refractivity contribution in [1.29, 1.82) is 0 Å². The minimum atomic E-state index is -4.42. The Morgan fingerprint density at radius 3 is 2.69 bits per heavy atom. The number of benzene rings is 1. The van der Waals surface area contributed by atoms with Crippen molar-refractivity contribution in [2.24, 2.45) is 0 Å². The van der Waals surface area contributed by atoms with Crippen LogP contribution < -0.4 is 15.4 Å². The summed E-state index contributed by atoms with van der Waals surface area (Å²) < 4.78 is 43.4. The Bertz CT molecular complexity index is 1070. The van der Waals surface area contributed by atoms with Gasteiger partial charge in [-0.2, -0.15) is 13.2 Å². The van der Waals surface area contributed by atoms with Crippen LogP contribution >= 0.6 is 11.3 Å². The number of aryl methyl sites for hydroxylation is 1. The quantitative estimate of drug-likeness (QED) is 0.357. The lowest BCUT2D eigenvalue weighted by Gasteiger charge is -2.09. The molecule has 10 heteroatoms. The summed E-state index contributed by atoms with van der Waals surface area (Å²) in [7, 11) is 0. The highest BCUT2D eigenvalue weighted by Crippen LogP contribution is 2.28. The van der Waals surface area contributed by atoms with Crippen molar-refractivity contribution in [3.8, 4) is 5.75 Å². The molecule has 0 fully saturated rings. The standard InChI is InChI=1S/C22H21F3N4O2S/c1-15-29-18(14-32-15)13-31-19-5-3-2-4-16(19)6-9-21(30)27-11-10-26-20-8-7-17(12-28-20)22(23,24)25/h2-9,12,14H,10-11,13H2,1H3,(H,26,28)(H,27,30)/b9-6+. The molecule has 3 rings (SSSR count). The molecular weight excluding hydrogens is 441 g/mol. The van der Waals surface area contributed by atoms with E-state index >= 15 is 0 Å². The minimum absolute atomic E-state index is 0.271. The van der Waals surface area contributed by atoms with Gasteiger partial charge in [0.15, 0.2) is 0 Å². The highest BCUT2D eigenvalue weighted by atomic mass is 32.1. The first-order valence-corrected chi connectivity index (χ1v) is 10.5. The Kier molecular flexibility index (Phi) is 7.82. The Morgan fingerprint density at radius 1 is 1.19 bits per heavy atom. The molecule has 0 aliphatic heterocycles. The predicted octanol–water partition coefficient (Wildman–Crippen LogP) is 4.69. The van der Waals surface area contributed by atoms with Crippen LogP contribution in [-0.4, -0.2) is 29.0 Å². The normalized spacial score (nSPS) is 11.5. The summed E-state index contributed by atoms with van der Waals surface area (Å²) >= 11 is 1.56. The van der Waals surface area contributed by atoms with Crippen LogP contribution in [0.1, 0.15) is 21.8 Å². The molecule has 0 aliphatic carbocycles. The largest absolute Gasteiger partial charge is 0.487 e. The van der Waals surface area contributed by atoms with E-state index in [9.17, 15) is 18.0 Å². The summed E-state index contributed by atoms with van der Waals surface area (Å²) in [6.07, 6.45) is -0.610. The molecule has 3 aromatic rings. The van der Waals surface area contributed by atoms with Gasteiger partial charge in [0.1, 0.15) is 18.2 Å². The van der Waals surface area contributed by atoms with Gasteiger partial charge in [0.25, 0.3) is 0 Å². The number of nitrogens with zero attached hydrogens (tertiary/aromatic N) is 2. The number of alkyl halides is 3. The summed E-state index contributed by atoms with van der Waals surface area (Å²) in [5.41, 5.74) is 0.785. The van der Waals surface area contributed by atoms with Crippen molar-refractivity contribution in [3.63, 3.8) is 0 Å². The minimum Gasteiger partial charge on any atom is -0.487 e. The lowest BCUT2D eigenvalue weighted by atomic mass is 10.2. The molecule has 2 aromatic heterocycles. The Hall–Kier alpha value is -3.40. The Morgan fingerprint density at radius 2 is 2.00 bits per heavy atom. The van der Waals surface area contributed by atoms with Crippen LogP contribution in [0.4, 0.5) is 19.0 Å². The summed E-state index contributed by atoms with van der Waals surface area (Å²) in [4.78, 5) is 20.1. The van der Waals surface area contributed by atoms with Gasteiger partial charge in [-0.3, -0.25) is 4.79 Å². The second-order valence-electron chi connectivity index (χ2n) is 6.67. The van der Waals surface area contributed by atoms with E-state index in [-0.39, 0.29) is 12.5 Å². The van der Waals surface area contributed by atoms with Crippen LogP contribution in [0.3, 0.4) is 0 Å². The molecule has 2 heterocycles. The van der Waals surface area contributed by atoms with Crippen LogP contribution in [0, 0.1) is 6.92 Å². The molecule has 168 valence electrons. The number of pyridine rings is 1. The van der Waals surface area contributed by atoms with Crippen molar-refractivity contribution >= 4 is 29.1 Å². The maximum atomic E-state index is 12.5. The summed E-state index contributed by atoms with van der Waals surface area (Å²) in [6.45, 7) is 2.85. The topological polar surface area (TPSA) is 76.1 Å². The van der Waals surface area contributed by atoms with Crippen LogP contribution in [0.15, 0.2) is 54.1 Å². The molecule has 0 saturated heterocycles. The molecule has 1 aromatic carbocycles. The smallest absolute Gasteiger partial charge is 0.417 e. The van der Waals surface area contributed by atoms with E-state index in [2.05, 4.69) is 20.6 Å². The van der Waals surface area contributed by atoms with Crippen LogP contribution in [0.25, 0.3) is 6.08 Å². The second-order valence-corrected chi connectivity index (χ2v) is 7.73. The van der Waals surface area contributed by atoms with E-state index < -0.39 is 11.7 Å². The van der Waals surface area contributed by atoms with Gasteiger partial charge in [-0.25, -0.2) is 9.97 Å². The number of ether oxygens (including phenoxy) is 1. The maximum Gasteiger partial charge on any atom is 0.417 e.